The van der Waals surface area contributed by atoms with E-state index < -0.39 is 4.92 Å². The van der Waals surface area contributed by atoms with Crippen molar-refractivity contribution >= 4 is 5.69 Å². The highest BCUT2D eigenvalue weighted by Gasteiger charge is 2.37. The average molecular weight is 350 g/mol. The number of benzene rings is 1. The second-order valence-electron chi connectivity index (χ2n) is 6.97. The van der Waals surface area contributed by atoms with E-state index in [1.807, 2.05) is 0 Å². The van der Waals surface area contributed by atoms with Gasteiger partial charge in [-0.1, -0.05) is 0 Å². The van der Waals surface area contributed by atoms with Crippen molar-refractivity contribution in [1.29, 1.82) is 0 Å². The van der Waals surface area contributed by atoms with Crippen molar-refractivity contribution in [1.82, 2.24) is 4.90 Å². The van der Waals surface area contributed by atoms with Crippen LogP contribution in [0.15, 0.2) is 12.1 Å². The van der Waals surface area contributed by atoms with Gasteiger partial charge in [-0.25, -0.2) is 0 Å². The van der Waals surface area contributed by atoms with Crippen LogP contribution in [0.25, 0.3) is 0 Å². The fourth-order valence-electron chi connectivity index (χ4n) is 3.70. The van der Waals surface area contributed by atoms with E-state index in [-0.39, 0.29) is 17.2 Å². The van der Waals surface area contributed by atoms with Crippen molar-refractivity contribution in [2.75, 3.05) is 40.0 Å². The molecule has 0 radical (unpaired) electrons. The van der Waals surface area contributed by atoms with Crippen LogP contribution in [0.5, 0.6) is 11.5 Å². The maximum absolute atomic E-state index is 11.3. The molecule has 1 heterocycles. The van der Waals surface area contributed by atoms with Crippen LogP contribution in [-0.2, 0) is 11.2 Å². The Bertz CT molecular complexity index is 616. The van der Waals surface area contributed by atoms with Crippen molar-refractivity contribution in [2.45, 2.75) is 25.7 Å². The molecule has 1 saturated carbocycles. The highest BCUT2D eigenvalue weighted by Crippen LogP contribution is 2.46. The number of ether oxygens (including phenoxy) is 2. The van der Waals surface area contributed by atoms with Crippen LogP contribution < -0.4 is 4.74 Å². The van der Waals surface area contributed by atoms with Gasteiger partial charge < -0.3 is 14.6 Å². The molecule has 0 spiro atoms. The number of phenolic OH excluding ortho intramolecular Hbond substituents is 1. The van der Waals surface area contributed by atoms with Crippen LogP contribution in [0.4, 0.5) is 5.69 Å². The second kappa shape index (κ2) is 8.01. The first-order valence-corrected chi connectivity index (χ1v) is 8.93. The van der Waals surface area contributed by atoms with E-state index >= 15 is 0 Å². The van der Waals surface area contributed by atoms with Gasteiger partial charge in [-0.2, -0.15) is 0 Å². The zero-order chi connectivity index (χ0) is 17.8. The molecule has 0 amide bonds. The topological polar surface area (TPSA) is 85.1 Å². The van der Waals surface area contributed by atoms with E-state index in [9.17, 15) is 15.2 Å². The molecule has 3 rings (SSSR count). The lowest BCUT2D eigenvalue weighted by atomic mass is 10.0. The highest BCUT2D eigenvalue weighted by atomic mass is 16.6. The molecule has 1 N–H and O–H groups in total. The van der Waals surface area contributed by atoms with Gasteiger partial charge in [0, 0.05) is 18.7 Å². The standard InChI is InChI=1S/C18H26N2O5/c1-24-18-12-16(20(22)23)15(11-17(18)21)10-14-9-13(14)3-2-4-19-5-7-25-8-6-19/h11-14,21H,2-10H2,1H3/t13-,14?/m1/s1. The van der Waals surface area contributed by atoms with Gasteiger partial charge in [0.15, 0.2) is 11.5 Å². The van der Waals surface area contributed by atoms with Gasteiger partial charge in [-0.3, -0.25) is 15.0 Å². The number of nitrogens with zero attached hydrogens (tertiary/aromatic N) is 2. The molecular weight excluding hydrogens is 324 g/mol. The molecule has 1 aromatic carbocycles. The lowest BCUT2D eigenvalue weighted by molar-refractivity contribution is -0.385. The van der Waals surface area contributed by atoms with Gasteiger partial charge in [-0.15, -0.1) is 0 Å². The van der Waals surface area contributed by atoms with Gasteiger partial charge in [0.05, 0.1) is 31.3 Å². The number of phenols is 1. The number of rotatable bonds is 8. The lowest BCUT2D eigenvalue weighted by Crippen LogP contribution is -2.36. The Morgan fingerprint density at radius 2 is 2.12 bits per heavy atom. The summed E-state index contributed by atoms with van der Waals surface area (Å²) in [6.07, 6.45) is 4.10. The predicted octanol–water partition coefficient (Wildman–Crippen LogP) is 2.60. The lowest BCUT2D eigenvalue weighted by Gasteiger charge is -2.26. The van der Waals surface area contributed by atoms with Crippen molar-refractivity contribution in [3.63, 3.8) is 0 Å². The molecule has 2 fully saturated rings. The summed E-state index contributed by atoms with van der Waals surface area (Å²) < 4.78 is 10.3. The summed E-state index contributed by atoms with van der Waals surface area (Å²) >= 11 is 0. The summed E-state index contributed by atoms with van der Waals surface area (Å²) in [5.74, 6) is 1.24. The first-order chi connectivity index (χ1) is 12.1. The SMILES string of the molecule is COc1cc([N+](=O)[O-])c(CC2C[C@H]2CCCN2CCOCC2)cc1O. The summed E-state index contributed by atoms with van der Waals surface area (Å²) in [7, 11) is 1.39. The number of methoxy groups -OCH3 is 1. The third kappa shape index (κ3) is 4.61. The Labute approximate surface area is 147 Å². The molecule has 25 heavy (non-hydrogen) atoms. The van der Waals surface area contributed by atoms with E-state index in [0.29, 0.717) is 23.8 Å². The number of aromatic hydroxyl groups is 1. The molecular formula is C18H26N2O5. The van der Waals surface area contributed by atoms with E-state index in [4.69, 9.17) is 9.47 Å². The van der Waals surface area contributed by atoms with Gasteiger partial charge in [0.25, 0.3) is 5.69 Å². The molecule has 1 saturated heterocycles. The number of hydrogen-bond donors (Lipinski definition) is 1. The number of nitro groups is 1. The van der Waals surface area contributed by atoms with E-state index in [2.05, 4.69) is 4.90 Å². The van der Waals surface area contributed by atoms with E-state index in [0.717, 1.165) is 52.1 Å². The Balaban J connectivity index is 1.50. The molecule has 1 unspecified atom stereocenters. The Morgan fingerprint density at radius 1 is 1.36 bits per heavy atom. The number of hydrogen-bond acceptors (Lipinski definition) is 6. The number of nitro benzene ring substituents is 1. The summed E-state index contributed by atoms with van der Waals surface area (Å²) in [4.78, 5) is 13.3. The molecule has 7 heteroatoms. The molecule has 1 aromatic rings. The highest BCUT2D eigenvalue weighted by molar-refractivity contribution is 5.53. The van der Waals surface area contributed by atoms with Gasteiger partial charge in [0.2, 0.25) is 0 Å². The first-order valence-electron chi connectivity index (χ1n) is 8.93. The monoisotopic (exact) mass is 350 g/mol. The summed E-state index contributed by atoms with van der Waals surface area (Å²) in [5, 5.41) is 21.2. The Morgan fingerprint density at radius 3 is 2.80 bits per heavy atom. The number of morpholine rings is 1. The second-order valence-corrected chi connectivity index (χ2v) is 6.97. The van der Waals surface area contributed by atoms with E-state index in [1.165, 1.54) is 19.2 Å². The van der Waals surface area contributed by atoms with Crippen molar-refractivity contribution < 1.29 is 19.5 Å². The van der Waals surface area contributed by atoms with E-state index in [1.54, 1.807) is 0 Å². The molecule has 2 atom stereocenters. The molecule has 7 nitrogen and oxygen atoms in total. The summed E-state index contributed by atoms with van der Waals surface area (Å²) in [5.41, 5.74) is 0.637. The van der Waals surface area contributed by atoms with Crippen LogP contribution >= 0.6 is 0 Å². The normalized spacial score (nSPS) is 23.4. The molecule has 138 valence electrons. The zero-order valence-electron chi connectivity index (χ0n) is 14.6. The molecule has 1 aliphatic heterocycles. The summed E-state index contributed by atoms with van der Waals surface area (Å²) in [6.45, 7) is 4.81. The van der Waals surface area contributed by atoms with Crippen molar-refractivity contribution in [2.24, 2.45) is 11.8 Å². The van der Waals surface area contributed by atoms with Crippen LogP contribution in [0.2, 0.25) is 0 Å². The fraction of sp³-hybridized carbons (Fsp3) is 0.667. The average Bonchev–Trinajstić information content (AvgIpc) is 3.33. The third-order valence-corrected chi connectivity index (χ3v) is 5.28. The molecule has 2 aliphatic rings. The minimum atomic E-state index is -0.396. The van der Waals surface area contributed by atoms with Crippen molar-refractivity contribution in [3.8, 4) is 11.5 Å². The maximum atomic E-state index is 11.3. The van der Waals surface area contributed by atoms with Gasteiger partial charge in [0.1, 0.15) is 0 Å². The van der Waals surface area contributed by atoms with Gasteiger partial charge >= 0.3 is 0 Å². The first kappa shape index (κ1) is 17.9. The minimum absolute atomic E-state index is 0.0346. The Hall–Kier alpha value is -1.86. The molecule has 0 bridgehead atoms. The minimum Gasteiger partial charge on any atom is -0.504 e. The quantitative estimate of drug-likeness (QED) is 0.573. The smallest absolute Gasteiger partial charge is 0.276 e. The van der Waals surface area contributed by atoms with Crippen LogP contribution in [0, 0.1) is 22.0 Å². The molecule has 1 aliphatic carbocycles. The largest absolute Gasteiger partial charge is 0.504 e. The maximum Gasteiger partial charge on any atom is 0.276 e. The molecule has 0 aromatic heterocycles. The van der Waals surface area contributed by atoms with Crippen LogP contribution in [-0.4, -0.2) is 54.9 Å². The van der Waals surface area contributed by atoms with Gasteiger partial charge in [-0.05, 0) is 50.1 Å². The van der Waals surface area contributed by atoms with Crippen molar-refractivity contribution in [3.05, 3.63) is 27.8 Å². The predicted molar refractivity (Wildman–Crippen MR) is 93.1 cm³/mol. The third-order valence-electron chi connectivity index (χ3n) is 5.28. The summed E-state index contributed by atoms with van der Waals surface area (Å²) in [6, 6.07) is 2.81. The fourth-order valence-corrected chi connectivity index (χ4v) is 3.70. The zero-order valence-corrected chi connectivity index (χ0v) is 14.6. The Kier molecular flexibility index (Phi) is 5.75. The van der Waals surface area contributed by atoms with Crippen LogP contribution in [0.3, 0.4) is 0 Å². The van der Waals surface area contributed by atoms with Crippen LogP contribution in [0.1, 0.15) is 24.8 Å².